The van der Waals surface area contributed by atoms with E-state index in [4.69, 9.17) is 10.8 Å². The highest BCUT2D eigenvalue weighted by atomic mass is 16.3. The van der Waals surface area contributed by atoms with Gasteiger partial charge in [0.05, 0.1) is 24.7 Å². The average molecular weight is 441 g/mol. The van der Waals surface area contributed by atoms with Gasteiger partial charge in [-0.2, -0.15) is 0 Å². The van der Waals surface area contributed by atoms with Gasteiger partial charge in [-0.1, -0.05) is 37.3 Å². The first-order valence-electron chi connectivity index (χ1n) is 11.1. The van der Waals surface area contributed by atoms with E-state index in [2.05, 4.69) is 66.2 Å². The van der Waals surface area contributed by atoms with E-state index in [-0.39, 0.29) is 17.6 Å². The van der Waals surface area contributed by atoms with E-state index in [9.17, 15) is 4.79 Å². The fourth-order valence-electron chi connectivity index (χ4n) is 4.75. The van der Waals surface area contributed by atoms with E-state index in [1.165, 1.54) is 5.56 Å². The minimum absolute atomic E-state index is 0.000371. The van der Waals surface area contributed by atoms with Crippen LogP contribution >= 0.6 is 0 Å². The zero-order valence-corrected chi connectivity index (χ0v) is 19.7. The van der Waals surface area contributed by atoms with E-state index in [1.54, 1.807) is 22.2 Å². The number of likely N-dealkylation sites (N-methyl/N-ethyl adjacent to an activating group) is 1. The summed E-state index contributed by atoms with van der Waals surface area (Å²) in [6.45, 7) is 3.21. The van der Waals surface area contributed by atoms with Gasteiger partial charge < -0.3 is 15.7 Å². The summed E-state index contributed by atoms with van der Waals surface area (Å²) in [6, 6.07) is 10.2. The normalized spacial score (nSPS) is 23.2. The standard InChI is InChI=1S/C24H36N6O2/c1-23(10-12-24(13-11-23,28(2)3)19-8-6-5-7-9-19)18-30(21(25)32)20-16-26-22(27-17-20)29(4)14-15-31/h5-9,16-17,31H,10-15,18H2,1-4H3,(H2,25,32). The third kappa shape index (κ3) is 5.02. The molecule has 3 N–H and O–H groups in total. The predicted molar refractivity (Wildman–Crippen MR) is 128 cm³/mol. The molecule has 32 heavy (non-hydrogen) atoms. The molecule has 0 bridgehead atoms. The van der Waals surface area contributed by atoms with E-state index >= 15 is 0 Å². The van der Waals surface area contributed by atoms with Crippen LogP contribution in [0.1, 0.15) is 38.2 Å². The van der Waals surface area contributed by atoms with Crippen LogP contribution in [0.15, 0.2) is 42.7 Å². The molecule has 1 aromatic carbocycles. The number of primary amides is 1. The van der Waals surface area contributed by atoms with Crippen LogP contribution in [0.4, 0.5) is 16.4 Å². The van der Waals surface area contributed by atoms with Gasteiger partial charge >= 0.3 is 6.03 Å². The third-order valence-corrected chi connectivity index (χ3v) is 6.97. The van der Waals surface area contributed by atoms with Crippen molar-refractivity contribution in [2.75, 3.05) is 50.6 Å². The number of hydrogen-bond acceptors (Lipinski definition) is 6. The lowest BCUT2D eigenvalue weighted by molar-refractivity contribution is 0.0459. The molecule has 1 fully saturated rings. The molecule has 0 atom stereocenters. The van der Waals surface area contributed by atoms with Gasteiger partial charge in [0.1, 0.15) is 0 Å². The van der Waals surface area contributed by atoms with Crippen molar-refractivity contribution in [3.63, 3.8) is 0 Å². The Morgan fingerprint density at radius 1 is 1.06 bits per heavy atom. The second kappa shape index (κ2) is 9.83. The van der Waals surface area contributed by atoms with Crippen LogP contribution in [0.25, 0.3) is 0 Å². The lowest BCUT2D eigenvalue weighted by atomic mass is 9.65. The van der Waals surface area contributed by atoms with Crippen LogP contribution in [0.2, 0.25) is 0 Å². The van der Waals surface area contributed by atoms with E-state index in [0.29, 0.717) is 24.7 Å². The summed E-state index contributed by atoms with van der Waals surface area (Å²) < 4.78 is 0. The third-order valence-electron chi connectivity index (χ3n) is 6.97. The van der Waals surface area contributed by atoms with E-state index in [0.717, 1.165) is 25.7 Å². The summed E-state index contributed by atoms with van der Waals surface area (Å²) in [4.78, 5) is 26.7. The predicted octanol–water partition coefficient (Wildman–Crippen LogP) is 2.83. The Bertz CT molecular complexity index is 879. The van der Waals surface area contributed by atoms with Crippen LogP contribution in [-0.4, -0.2) is 66.8 Å². The fraction of sp³-hybridized carbons (Fsp3) is 0.542. The minimum atomic E-state index is -0.501. The van der Waals surface area contributed by atoms with Crippen molar-refractivity contribution in [1.29, 1.82) is 0 Å². The number of anilines is 2. The van der Waals surface area contributed by atoms with Crippen molar-refractivity contribution in [3.05, 3.63) is 48.3 Å². The quantitative estimate of drug-likeness (QED) is 0.655. The molecule has 1 heterocycles. The summed E-state index contributed by atoms with van der Waals surface area (Å²) >= 11 is 0. The van der Waals surface area contributed by atoms with Gasteiger partial charge in [-0.25, -0.2) is 14.8 Å². The number of aromatic nitrogens is 2. The van der Waals surface area contributed by atoms with Crippen molar-refractivity contribution < 1.29 is 9.90 Å². The maximum Gasteiger partial charge on any atom is 0.319 e. The highest BCUT2D eigenvalue weighted by molar-refractivity contribution is 5.90. The number of amides is 2. The largest absolute Gasteiger partial charge is 0.395 e. The number of rotatable bonds is 8. The molecule has 0 aliphatic heterocycles. The molecule has 3 rings (SSSR count). The second-order valence-corrected chi connectivity index (χ2v) is 9.41. The first-order chi connectivity index (χ1) is 15.2. The van der Waals surface area contributed by atoms with Crippen LogP contribution < -0.4 is 15.5 Å². The average Bonchev–Trinajstić information content (AvgIpc) is 2.79. The number of hydrogen-bond donors (Lipinski definition) is 2. The number of carbonyl (C=O) groups excluding carboxylic acids is 1. The summed E-state index contributed by atoms with van der Waals surface area (Å²) in [5.41, 5.74) is 7.64. The fourth-order valence-corrected chi connectivity index (χ4v) is 4.75. The van der Waals surface area contributed by atoms with Gasteiger partial charge in [0, 0.05) is 25.7 Å². The Morgan fingerprint density at radius 3 is 2.16 bits per heavy atom. The molecule has 1 saturated carbocycles. The van der Waals surface area contributed by atoms with Crippen LogP contribution in [0.3, 0.4) is 0 Å². The van der Waals surface area contributed by atoms with Crippen molar-refractivity contribution in [2.24, 2.45) is 11.1 Å². The number of benzene rings is 1. The lowest BCUT2D eigenvalue weighted by Gasteiger charge is -2.50. The highest BCUT2D eigenvalue weighted by Crippen LogP contribution is 2.48. The van der Waals surface area contributed by atoms with Gasteiger partial charge in [-0.3, -0.25) is 9.80 Å². The van der Waals surface area contributed by atoms with E-state index in [1.807, 2.05) is 7.05 Å². The second-order valence-electron chi connectivity index (χ2n) is 9.41. The smallest absolute Gasteiger partial charge is 0.319 e. The van der Waals surface area contributed by atoms with Crippen molar-refractivity contribution in [2.45, 2.75) is 38.1 Å². The molecule has 0 saturated heterocycles. The zero-order chi connectivity index (χ0) is 23.4. The molecular weight excluding hydrogens is 404 g/mol. The zero-order valence-electron chi connectivity index (χ0n) is 19.7. The van der Waals surface area contributed by atoms with Gasteiger partial charge in [0.25, 0.3) is 0 Å². The minimum Gasteiger partial charge on any atom is -0.395 e. The maximum absolute atomic E-state index is 12.3. The number of nitrogens with zero attached hydrogens (tertiary/aromatic N) is 5. The Hall–Kier alpha value is -2.71. The molecule has 8 heteroatoms. The molecule has 0 radical (unpaired) electrons. The molecule has 0 spiro atoms. The van der Waals surface area contributed by atoms with Crippen molar-refractivity contribution in [1.82, 2.24) is 14.9 Å². The Morgan fingerprint density at radius 2 is 1.66 bits per heavy atom. The monoisotopic (exact) mass is 440 g/mol. The molecule has 0 unspecified atom stereocenters. The van der Waals surface area contributed by atoms with Gasteiger partial charge in [-0.15, -0.1) is 0 Å². The topological polar surface area (TPSA) is 98.8 Å². The Balaban J connectivity index is 1.75. The summed E-state index contributed by atoms with van der Waals surface area (Å²) in [5.74, 6) is 0.495. The number of carbonyl (C=O) groups is 1. The Kier molecular flexibility index (Phi) is 7.36. The SMILES string of the molecule is CN(CCO)c1ncc(N(CC2(C)CCC(c3ccccc3)(N(C)C)CC2)C(N)=O)cn1. The van der Waals surface area contributed by atoms with E-state index < -0.39 is 6.03 Å². The molecule has 174 valence electrons. The molecule has 1 aromatic heterocycles. The first kappa shape index (κ1) is 23.9. The number of aliphatic hydroxyl groups excluding tert-OH is 1. The highest BCUT2D eigenvalue weighted by Gasteiger charge is 2.44. The van der Waals surface area contributed by atoms with Crippen LogP contribution in [0, 0.1) is 5.41 Å². The molecular formula is C24H36N6O2. The van der Waals surface area contributed by atoms with Gasteiger partial charge in [0.15, 0.2) is 0 Å². The molecule has 1 aliphatic rings. The Labute approximate surface area is 191 Å². The van der Waals surface area contributed by atoms with Crippen LogP contribution in [0.5, 0.6) is 0 Å². The first-order valence-corrected chi connectivity index (χ1v) is 11.1. The van der Waals surface area contributed by atoms with Crippen molar-refractivity contribution >= 4 is 17.7 Å². The summed E-state index contributed by atoms with van der Waals surface area (Å²) in [6.07, 6.45) is 7.22. The number of aliphatic hydroxyl groups is 1. The van der Waals surface area contributed by atoms with Gasteiger partial charge in [-0.05, 0) is 50.8 Å². The number of nitrogens with two attached hydrogens (primary N) is 1. The molecule has 2 amide bonds. The maximum atomic E-state index is 12.3. The molecule has 8 nitrogen and oxygen atoms in total. The molecule has 1 aliphatic carbocycles. The lowest BCUT2D eigenvalue weighted by Crippen LogP contribution is -2.50. The molecule has 2 aromatic rings. The van der Waals surface area contributed by atoms with Crippen molar-refractivity contribution in [3.8, 4) is 0 Å². The van der Waals surface area contributed by atoms with Gasteiger partial charge in [0.2, 0.25) is 5.95 Å². The summed E-state index contributed by atoms with van der Waals surface area (Å²) in [5, 5.41) is 9.10. The number of urea groups is 1. The van der Waals surface area contributed by atoms with Crippen LogP contribution in [-0.2, 0) is 5.54 Å². The summed E-state index contributed by atoms with van der Waals surface area (Å²) in [7, 11) is 6.11.